The highest BCUT2D eigenvalue weighted by Gasteiger charge is 2.28. The summed E-state index contributed by atoms with van der Waals surface area (Å²) < 4.78 is 4.69. The van der Waals surface area contributed by atoms with Crippen LogP contribution in [0.15, 0.2) is 0 Å². The van der Waals surface area contributed by atoms with Crippen molar-refractivity contribution in [2.24, 2.45) is 5.92 Å². The largest absolute Gasteiger partial charge is 0.480 e. The van der Waals surface area contributed by atoms with E-state index in [0.29, 0.717) is 32.4 Å². The number of carboxylic acids is 1. The van der Waals surface area contributed by atoms with Crippen LogP contribution in [-0.4, -0.2) is 59.1 Å². The summed E-state index contributed by atoms with van der Waals surface area (Å²) in [5.74, 6) is -1.11. The van der Waals surface area contributed by atoms with Crippen LogP contribution in [0.3, 0.4) is 0 Å². The smallest absolute Gasteiger partial charge is 0.316 e. The number of hydrogen-bond acceptors (Lipinski definition) is 5. The summed E-state index contributed by atoms with van der Waals surface area (Å²) in [5.41, 5.74) is 0. The van der Waals surface area contributed by atoms with Crippen LogP contribution in [0.25, 0.3) is 0 Å². The number of carbonyl (C=O) groups excluding carboxylic acids is 2. The molecule has 0 spiro atoms. The molecule has 1 saturated heterocycles. The van der Waals surface area contributed by atoms with Gasteiger partial charge in [-0.25, -0.2) is 0 Å². The van der Waals surface area contributed by atoms with Gasteiger partial charge < -0.3 is 14.7 Å². The third-order valence-electron chi connectivity index (χ3n) is 3.44. The molecule has 7 heteroatoms. The van der Waals surface area contributed by atoms with Crippen molar-refractivity contribution in [1.29, 1.82) is 0 Å². The zero-order valence-corrected chi connectivity index (χ0v) is 12.6. The van der Waals surface area contributed by atoms with Crippen LogP contribution < -0.4 is 0 Å². The van der Waals surface area contributed by atoms with E-state index in [9.17, 15) is 14.4 Å². The van der Waals surface area contributed by atoms with Gasteiger partial charge in [-0.2, -0.15) is 0 Å². The molecular weight excluding hydrogens is 282 g/mol. The van der Waals surface area contributed by atoms with Crippen LogP contribution in [0, 0.1) is 5.92 Å². The second-order valence-corrected chi connectivity index (χ2v) is 5.92. The maximum absolute atomic E-state index is 12.0. The van der Waals surface area contributed by atoms with E-state index < -0.39 is 11.2 Å². The molecule has 20 heavy (non-hydrogen) atoms. The average molecular weight is 303 g/mol. The number of nitrogens with zero attached hydrogens (tertiary/aromatic N) is 1. The molecule has 0 saturated carbocycles. The molecule has 1 aliphatic heterocycles. The van der Waals surface area contributed by atoms with Gasteiger partial charge in [-0.05, 0) is 19.3 Å². The molecule has 1 unspecified atom stereocenters. The molecule has 1 N–H and O–H groups in total. The second-order valence-electron chi connectivity index (χ2n) is 4.72. The number of hydrogen-bond donors (Lipinski definition) is 1. The van der Waals surface area contributed by atoms with Crippen LogP contribution in [0.4, 0.5) is 0 Å². The molecule has 1 amide bonds. The summed E-state index contributed by atoms with van der Waals surface area (Å²) in [7, 11) is 1.37. The summed E-state index contributed by atoms with van der Waals surface area (Å²) in [6.07, 6.45) is 1.72. The van der Waals surface area contributed by atoms with Crippen molar-refractivity contribution in [3.05, 3.63) is 0 Å². The first-order valence-electron chi connectivity index (χ1n) is 6.69. The van der Waals surface area contributed by atoms with Crippen LogP contribution in [0.5, 0.6) is 0 Å². The maximum Gasteiger partial charge on any atom is 0.316 e. The number of esters is 1. The molecule has 114 valence electrons. The highest BCUT2D eigenvalue weighted by molar-refractivity contribution is 8.01. The number of carbonyl (C=O) groups is 3. The monoisotopic (exact) mass is 303 g/mol. The number of carboxylic acid groups (broad SMARTS) is 1. The Labute approximate surface area is 122 Å². The molecule has 0 radical (unpaired) electrons. The number of rotatable bonds is 6. The van der Waals surface area contributed by atoms with E-state index in [1.165, 1.54) is 7.11 Å². The van der Waals surface area contributed by atoms with Gasteiger partial charge in [0.1, 0.15) is 5.25 Å². The normalized spacial score (nSPS) is 17.6. The van der Waals surface area contributed by atoms with E-state index in [2.05, 4.69) is 0 Å². The lowest BCUT2D eigenvalue weighted by atomic mass is 9.97. The summed E-state index contributed by atoms with van der Waals surface area (Å²) in [5, 5.41) is 8.39. The van der Waals surface area contributed by atoms with Crippen molar-refractivity contribution in [3.8, 4) is 0 Å². The Balaban J connectivity index is 2.36. The number of amides is 1. The number of piperidine rings is 1. The van der Waals surface area contributed by atoms with Gasteiger partial charge in [0.25, 0.3) is 0 Å². The molecule has 0 aromatic heterocycles. The Bertz CT molecular complexity index is 366. The van der Waals surface area contributed by atoms with Gasteiger partial charge in [-0.15, -0.1) is 11.8 Å². The number of methoxy groups -OCH3 is 1. The standard InChI is InChI=1S/C13H21NO5S/c1-3-10(12(16)17)20-8-11(15)14-6-4-9(5-7-14)13(18)19-2/h9-10H,3-8H2,1-2H3,(H,16,17). The molecule has 1 aliphatic rings. The Hall–Kier alpha value is -1.24. The zero-order valence-electron chi connectivity index (χ0n) is 11.8. The van der Waals surface area contributed by atoms with Crippen LogP contribution >= 0.6 is 11.8 Å². The fourth-order valence-corrected chi connectivity index (χ4v) is 3.06. The van der Waals surface area contributed by atoms with Gasteiger partial charge in [0.05, 0.1) is 18.8 Å². The van der Waals surface area contributed by atoms with Gasteiger partial charge in [0, 0.05) is 13.1 Å². The Morgan fingerprint density at radius 2 is 1.95 bits per heavy atom. The molecular formula is C13H21NO5S. The average Bonchev–Trinajstić information content (AvgIpc) is 2.46. The lowest BCUT2D eigenvalue weighted by Crippen LogP contribution is -2.41. The third-order valence-corrected chi connectivity index (χ3v) is 4.79. The first-order chi connectivity index (χ1) is 9.49. The minimum atomic E-state index is -0.880. The first-order valence-corrected chi connectivity index (χ1v) is 7.74. The van der Waals surface area contributed by atoms with E-state index in [-0.39, 0.29) is 23.5 Å². The van der Waals surface area contributed by atoms with Gasteiger partial charge in [0.15, 0.2) is 0 Å². The lowest BCUT2D eigenvalue weighted by molar-refractivity contribution is -0.148. The predicted molar refractivity (Wildman–Crippen MR) is 75.5 cm³/mol. The maximum atomic E-state index is 12.0. The number of likely N-dealkylation sites (tertiary alicyclic amines) is 1. The molecule has 6 nitrogen and oxygen atoms in total. The minimum Gasteiger partial charge on any atom is -0.480 e. The topological polar surface area (TPSA) is 83.9 Å². The molecule has 0 bridgehead atoms. The first kappa shape index (κ1) is 16.8. The van der Waals surface area contributed by atoms with Gasteiger partial charge in [0.2, 0.25) is 5.91 Å². The molecule has 1 heterocycles. The van der Waals surface area contributed by atoms with E-state index in [4.69, 9.17) is 9.84 Å². The van der Waals surface area contributed by atoms with Gasteiger partial charge in [-0.1, -0.05) is 6.92 Å². The summed E-state index contributed by atoms with van der Waals surface area (Å²) in [6.45, 7) is 2.85. The van der Waals surface area contributed by atoms with E-state index in [1.807, 2.05) is 0 Å². The van der Waals surface area contributed by atoms with Crippen LogP contribution in [0.2, 0.25) is 0 Å². The Morgan fingerprint density at radius 3 is 2.40 bits per heavy atom. The summed E-state index contributed by atoms with van der Waals surface area (Å²) in [6, 6.07) is 0. The quantitative estimate of drug-likeness (QED) is 0.737. The van der Waals surface area contributed by atoms with Crippen molar-refractivity contribution in [2.75, 3.05) is 26.0 Å². The molecule has 1 rings (SSSR count). The van der Waals surface area contributed by atoms with E-state index in [1.54, 1.807) is 11.8 Å². The fraction of sp³-hybridized carbons (Fsp3) is 0.769. The highest BCUT2D eigenvalue weighted by atomic mass is 32.2. The second kappa shape index (κ2) is 8.14. The molecule has 0 aliphatic carbocycles. The molecule has 1 atom stereocenters. The van der Waals surface area contributed by atoms with Crippen molar-refractivity contribution in [1.82, 2.24) is 4.90 Å². The Morgan fingerprint density at radius 1 is 1.35 bits per heavy atom. The van der Waals surface area contributed by atoms with Crippen molar-refractivity contribution < 1.29 is 24.2 Å². The lowest BCUT2D eigenvalue weighted by Gasteiger charge is -2.30. The van der Waals surface area contributed by atoms with Gasteiger partial charge in [-0.3, -0.25) is 14.4 Å². The highest BCUT2D eigenvalue weighted by Crippen LogP contribution is 2.21. The van der Waals surface area contributed by atoms with Gasteiger partial charge >= 0.3 is 11.9 Å². The number of thioether (sulfide) groups is 1. The Kier molecular flexibility index (Phi) is 6.84. The summed E-state index contributed by atoms with van der Waals surface area (Å²) in [4.78, 5) is 35.9. The third kappa shape index (κ3) is 4.70. The van der Waals surface area contributed by atoms with Crippen molar-refractivity contribution in [3.63, 3.8) is 0 Å². The summed E-state index contributed by atoms with van der Waals surface area (Å²) >= 11 is 1.16. The number of ether oxygens (including phenoxy) is 1. The van der Waals surface area contributed by atoms with Crippen molar-refractivity contribution in [2.45, 2.75) is 31.4 Å². The molecule has 0 aromatic carbocycles. The molecule has 1 fully saturated rings. The van der Waals surface area contributed by atoms with Crippen LogP contribution in [-0.2, 0) is 19.1 Å². The van der Waals surface area contributed by atoms with Crippen LogP contribution in [0.1, 0.15) is 26.2 Å². The van der Waals surface area contributed by atoms with Crippen molar-refractivity contribution >= 4 is 29.6 Å². The zero-order chi connectivity index (χ0) is 15.1. The predicted octanol–water partition coefficient (Wildman–Crippen LogP) is 0.994. The van der Waals surface area contributed by atoms with E-state index >= 15 is 0 Å². The minimum absolute atomic E-state index is 0.0574. The number of aliphatic carboxylic acids is 1. The van der Waals surface area contributed by atoms with E-state index in [0.717, 1.165) is 11.8 Å². The fourth-order valence-electron chi connectivity index (χ4n) is 2.16. The molecule has 0 aromatic rings. The SMILES string of the molecule is CCC(SCC(=O)N1CCC(C(=O)OC)CC1)C(=O)O.